The van der Waals surface area contributed by atoms with Crippen molar-refractivity contribution in [1.29, 1.82) is 0 Å². The second kappa shape index (κ2) is 8.08. The van der Waals surface area contributed by atoms with E-state index in [0.717, 1.165) is 16.6 Å². The summed E-state index contributed by atoms with van der Waals surface area (Å²) in [6.07, 6.45) is 0. The van der Waals surface area contributed by atoms with Crippen molar-refractivity contribution in [2.24, 2.45) is 0 Å². The number of aromatic nitrogens is 3. The fourth-order valence-corrected chi connectivity index (χ4v) is 3.64. The molecule has 0 aliphatic rings. The predicted molar refractivity (Wildman–Crippen MR) is 108 cm³/mol. The molecule has 0 saturated carbocycles. The summed E-state index contributed by atoms with van der Waals surface area (Å²) < 4.78 is 11.1. The Labute approximate surface area is 170 Å². The lowest BCUT2D eigenvalue weighted by atomic mass is 10.1. The third-order valence-electron chi connectivity index (χ3n) is 4.12. The van der Waals surface area contributed by atoms with Gasteiger partial charge < -0.3 is 14.1 Å². The average Bonchev–Trinajstić information content (AvgIpc) is 3.29. The maximum absolute atomic E-state index is 12.7. The average molecular weight is 414 g/mol. The van der Waals surface area contributed by atoms with Gasteiger partial charge in [-0.15, -0.1) is 10.2 Å². The van der Waals surface area contributed by atoms with Crippen LogP contribution in [-0.2, 0) is 6.61 Å². The van der Waals surface area contributed by atoms with Gasteiger partial charge in [0.1, 0.15) is 5.75 Å². The van der Waals surface area contributed by atoms with Crippen LogP contribution in [0.15, 0.2) is 58.2 Å². The molecule has 2 aromatic carbocycles. The van der Waals surface area contributed by atoms with E-state index in [1.165, 1.54) is 11.8 Å². The summed E-state index contributed by atoms with van der Waals surface area (Å²) in [5, 5.41) is 9.81. The zero-order chi connectivity index (χ0) is 19.5. The monoisotopic (exact) mass is 413 g/mol. The highest BCUT2D eigenvalue weighted by Crippen LogP contribution is 2.25. The number of Topliss-reactive ketones (excluding diaryl/α,β-unsaturated/α-hetero) is 1. The molecule has 0 aliphatic carbocycles. The van der Waals surface area contributed by atoms with Gasteiger partial charge >= 0.3 is 0 Å². The molecule has 0 aliphatic heterocycles. The molecule has 6 nitrogen and oxygen atoms in total. The van der Waals surface area contributed by atoms with E-state index in [0.29, 0.717) is 27.4 Å². The molecule has 0 bridgehead atoms. The SMILES string of the molecule is Cc1[nH]c2ccccc2c1C(=O)CSc1nnc(COc2ccc(Cl)cc2)o1. The number of aryl methyl sites for hydroxylation is 1. The zero-order valence-electron chi connectivity index (χ0n) is 14.9. The molecule has 8 heteroatoms. The number of para-hydroxylation sites is 1. The Balaban J connectivity index is 1.37. The number of nitrogens with one attached hydrogen (secondary N) is 1. The van der Waals surface area contributed by atoms with E-state index in [1.54, 1.807) is 24.3 Å². The molecule has 1 N–H and O–H groups in total. The van der Waals surface area contributed by atoms with Crippen LogP contribution in [0.25, 0.3) is 10.9 Å². The van der Waals surface area contributed by atoms with Gasteiger partial charge in [-0.3, -0.25) is 4.79 Å². The predicted octanol–water partition coefficient (Wildman–Crippen LogP) is 5.07. The minimum atomic E-state index is 0.0112. The summed E-state index contributed by atoms with van der Waals surface area (Å²) in [5.41, 5.74) is 2.51. The highest BCUT2D eigenvalue weighted by molar-refractivity contribution is 7.99. The first-order valence-electron chi connectivity index (χ1n) is 8.54. The number of carbonyl (C=O) groups excluding carboxylic acids is 1. The van der Waals surface area contributed by atoms with E-state index >= 15 is 0 Å². The van der Waals surface area contributed by atoms with Crippen molar-refractivity contribution in [1.82, 2.24) is 15.2 Å². The molecule has 2 aromatic heterocycles. The topological polar surface area (TPSA) is 81.0 Å². The number of ketones is 1. The number of aromatic amines is 1. The lowest BCUT2D eigenvalue weighted by Gasteiger charge is -2.02. The molecule has 142 valence electrons. The molecule has 0 amide bonds. The first-order valence-corrected chi connectivity index (χ1v) is 9.90. The van der Waals surface area contributed by atoms with Crippen LogP contribution >= 0.6 is 23.4 Å². The second-order valence-electron chi connectivity index (χ2n) is 6.09. The van der Waals surface area contributed by atoms with Gasteiger partial charge in [0.15, 0.2) is 12.4 Å². The number of halogens is 1. The number of nitrogens with zero attached hydrogens (tertiary/aromatic N) is 2. The highest BCUT2D eigenvalue weighted by atomic mass is 35.5. The summed E-state index contributed by atoms with van der Waals surface area (Å²) in [5.74, 6) is 1.22. The van der Waals surface area contributed by atoms with Gasteiger partial charge in [0, 0.05) is 27.2 Å². The zero-order valence-corrected chi connectivity index (χ0v) is 16.5. The number of hydrogen-bond donors (Lipinski definition) is 1. The molecule has 0 fully saturated rings. The maximum atomic E-state index is 12.7. The maximum Gasteiger partial charge on any atom is 0.277 e. The van der Waals surface area contributed by atoms with Gasteiger partial charge in [0.2, 0.25) is 0 Å². The van der Waals surface area contributed by atoms with Gasteiger partial charge in [-0.1, -0.05) is 41.6 Å². The second-order valence-corrected chi connectivity index (χ2v) is 7.45. The summed E-state index contributed by atoms with van der Waals surface area (Å²) in [6, 6.07) is 14.8. The van der Waals surface area contributed by atoms with Crippen LogP contribution in [0, 0.1) is 6.92 Å². The van der Waals surface area contributed by atoms with Gasteiger partial charge in [-0.05, 0) is 37.3 Å². The number of thioether (sulfide) groups is 1. The minimum Gasteiger partial charge on any atom is -0.484 e. The summed E-state index contributed by atoms with van der Waals surface area (Å²) in [4.78, 5) is 15.9. The molecule has 28 heavy (non-hydrogen) atoms. The highest BCUT2D eigenvalue weighted by Gasteiger charge is 2.17. The number of rotatable bonds is 7. The van der Waals surface area contributed by atoms with Gasteiger partial charge in [-0.25, -0.2) is 0 Å². The van der Waals surface area contributed by atoms with Crippen molar-refractivity contribution in [2.75, 3.05) is 5.75 Å². The van der Waals surface area contributed by atoms with Crippen molar-refractivity contribution in [3.8, 4) is 5.75 Å². The fraction of sp³-hybridized carbons (Fsp3) is 0.150. The van der Waals surface area contributed by atoms with Crippen molar-refractivity contribution in [3.05, 3.63) is 70.7 Å². The molecule has 0 saturated heterocycles. The lowest BCUT2D eigenvalue weighted by molar-refractivity contribution is 0.102. The van der Waals surface area contributed by atoms with Crippen LogP contribution < -0.4 is 4.74 Å². The number of hydrogen-bond acceptors (Lipinski definition) is 6. The fourth-order valence-electron chi connectivity index (χ4n) is 2.87. The van der Waals surface area contributed by atoms with Crippen LogP contribution in [0.4, 0.5) is 0 Å². The van der Waals surface area contributed by atoms with Crippen LogP contribution in [0.5, 0.6) is 5.75 Å². The molecule has 0 spiro atoms. The van der Waals surface area contributed by atoms with E-state index in [2.05, 4.69) is 15.2 Å². The molecular weight excluding hydrogens is 398 g/mol. The minimum absolute atomic E-state index is 0.0112. The summed E-state index contributed by atoms with van der Waals surface area (Å²) in [7, 11) is 0. The van der Waals surface area contributed by atoms with Crippen LogP contribution in [0.2, 0.25) is 5.02 Å². The van der Waals surface area contributed by atoms with Gasteiger partial charge in [-0.2, -0.15) is 0 Å². The molecule has 0 atom stereocenters. The van der Waals surface area contributed by atoms with Crippen molar-refractivity contribution >= 4 is 40.0 Å². The molecule has 0 unspecified atom stereocenters. The van der Waals surface area contributed by atoms with E-state index in [9.17, 15) is 4.79 Å². The van der Waals surface area contributed by atoms with E-state index in [1.807, 2.05) is 31.2 Å². The summed E-state index contributed by atoms with van der Waals surface area (Å²) in [6.45, 7) is 2.04. The van der Waals surface area contributed by atoms with Gasteiger partial charge in [0.05, 0.1) is 5.75 Å². The van der Waals surface area contributed by atoms with E-state index < -0.39 is 0 Å². The lowest BCUT2D eigenvalue weighted by Crippen LogP contribution is -2.03. The Morgan fingerprint density at radius 1 is 1.18 bits per heavy atom. The molecule has 0 radical (unpaired) electrons. The van der Waals surface area contributed by atoms with Crippen molar-refractivity contribution in [3.63, 3.8) is 0 Å². The normalized spacial score (nSPS) is 11.1. The first kappa shape index (κ1) is 18.6. The number of ether oxygens (including phenoxy) is 1. The first-order chi connectivity index (χ1) is 13.6. The third kappa shape index (κ3) is 4.05. The van der Waals surface area contributed by atoms with Crippen LogP contribution in [0.3, 0.4) is 0 Å². The number of fused-ring (bicyclic) bond motifs is 1. The van der Waals surface area contributed by atoms with E-state index in [-0.39, 0.29) is 18.1 Å². The number of benzene rings is 2. The van der Waals surface area contributed by atoms with Gasteiger partial charge in [0.25, 0.3) is 11.1 Å². The van der Waals surface area contributed by atoms with E-state index in [4.69, 9.17) is 20.8 Å². The van der Waals surface area contributed by atoms with Crippen molar-refractivity contribution < 1.29 is 13.9 Å². The van der Waals surface area contributed by atoms with Crippen molar-refractivity contribution in [2.45, 2.75) is 18.8 Å². The largest absolute Gasteiger partial charge is 0.484 e. The smallest absolute Gasteiger partial charge is 0.277 e. The Bertz CT molecular complexity index is 1120. The molecule has 2 heterocycles. The standard InChI is InChI=1S/C20H16ClN3O3S/c1-12-19(15-4-2-3-5-16(15)22-12)17(25)11-28-20-24-23-18(27-20)10-26-14-8-6-13(21)7-9-14/h2-9,22H,10-11H2,1H3. The molecule has 4 rings (SSSR count). The van der Waals surface area contributed by atoms with Crippen LogP contribution in [-0.4, -0.2) is 26.7 Å². The number of carbonyl (C=O) groups is 1. The Kier molecular flexibility index (Phi) is 5.36. The Morgan fingerprint density at radius 3 is 2.79 bits per heavy atom. The quantitative estimate of drug-likeness (QED) is 0.336. The third-order valence-corrected chi connectivity index (χ3v) is 5.19. The molecular formula is C20H16ClN3O3S. The van der Waals surface area contributed by atoms with Crippen LogP contribution in [0.1, 0.15) is 21.9 Å². The summed E-state index contributed by atoms with van der Waals surface area (Å²) >= 11 is 7.05. The number of H-pyrrole nitrogens is 1. The molecule has 4 aromatic rings. The Morgan fingerprint density at radius 2 is 1.96 bits per heavy atom. The Hall–Kier alpha value is -2.77.